The van der Waals surface area contributed by atoms with Crippen molar-refractivity contribution < 1.29 is 0 Å². The zero-order valence-corrected chi connectivity index (χ0v) is 14.2. The maximum absolute atomic E-state index is 5.99. The summed E-state index contributed by atoms with van der Waals surface area (Å²) in [6.07, 6.45) is 0.799. The number of amidine groups is 1. The highest BCUT2D eigenvalue weighted by Gasteiger charge is 2.15. The van der Waals surface area contributed by atoms with Gasteiger partial charge in [0.1, 0.15) is 5.16 Å². The molecular weight excluding hydrogens is 278 g/mol. The van der Waals surface area contributed by atoms with E-state index in [0.29, 0.717) is 10.3 Å². The second kappa shape index (κ2) is 9.21. The SMILES string of the molecule is CC.CCSC(N)=N/C(C)=C1\CC(C)=C(Cl)N=C1C. The van der Waals surface area contributed by atoms with Crippen molar-refractivity contribution in [3.05, 3.63) is 22.0 Å². The molecule has 19 heavy (non-hydrogen) atoms. The molecule has 0 spiro atoms. The number of nitrogens with zero attached hydrogens (tertiary/aromatic N) is 2. The smallest absolute Gasteiger partial charge is 0.158 e. The number of hydrogen-bond donors (Lipinski definition) is 1. The molecule has 0 saturated heterocycles. The summed E-state index contributed by atoms with van der Waals surface area (Å²) in [4.78, 5) is 8.70. The third-order valence-corrected chi connectivity index (χ3v) is 3.59. The largest absolute Gasteiger partial charge is 0.378 e. The first kappa shape index (κ1) is 18.3. The van der Waals surface area contributed by atoms with E-state index in [1.807, 2.05) is 34.6 Å². The Kier molecular flexibility index (Phi) is 8.85. The van der Waals surface area contributed by atoms with E-state index in [0.717, 1.165) is 34.7 Å². The summed E-state index contributed by atoms with van der Waals surface area (Å²) in [6, 6.07) is 0. The van der Waals surface area contributed by atoms with Crippen LogP contribution in [-0.2, 0) is 0 Å². The molecular formula is C14H24ClN3S. The van der Waals surface area contributed by atoms with Crippen LogP contribution in [0.4, 0.5) is 0 Å². The van der Waals surface area contributed by atoms with E-state index in [9.17, 15) is 0 Å². The molecule has 3 nitrogen and oxygen atoms in total. The first-order chi connectivity index (χ1) is 8.95. The molecule has 0 atom stereocenters. The lowest BCUT2D eigenvalue weighted by Gasteiger charge is -2.16. The third-order valence-electron chi connectivity index (χ3n) is 2.50. The molecule has 1 aliphatic heterocycles. The Labute approximate surface area is 126 Å². The molecule has 5 heteroatoms. The van der Waals surface area contributed by atoms with Gasteiger partial charge in [0.2, 0.25) is 0 Å². The molecule has 0 amide bonds. The fourth-order valence-electron chi connectivity index (χ4n) is 1.58. The number of nitrogens with two attached hydrogens (primary N) is 1. The zero-order chi connectivity index (χ0) is 15.0. The molecule has 0 bridgehead atoms. The van der Waals surface area contributed by atoms with Crippen LogP contribution in [0.5, 0.6) is 0 Å². The van der Waals surface area contributed by atoms with Crippen LogP contribution in [-0.4, -0.2) is 16.6 Å². The van der Waals surface area contributed by atoms with Gasteiger partial charge in [0.05, 0.1) is 0 Å². The van der Waals surface area contributed by atoms with E-state index in [2.05, 4.69) is 16.9 Å². The average Bonchev–Trinajstić information content (AvgIpc) is 2.36. The molecule has 2 N–H and O–H groups in total. The molecule has 0 saturated carbocycles. The number of aliphatic imine (C=N–C) groups is 2. The standard InChI is InChI=1S/C12H18ClN3S.C2H6/c1-5-17-12(14)16-9(4)10-6-7(2)11(13)15-8(10)3;1-2/h5-6H2,1-4H3,(H2,14,16);1-2H3/b10-9+;. The predicted octanol–water partition coefficient (Wildman–Crippen LogP) is 4.69. The topological polar surface area (TPSA) is 50.7 Å². The molecule has 0 aromatic rings. The van der Waals surface area contributed by atoms with Crippen molar-refractivity contribution in [1.29, 1.82) is 0 Å². The van der Waals surface area contributed by atoms with Crippen molar-refractivity contribution in [2.24, 2.45) is 15.7 Å². The molecule has 0 unspecified atom stereocenters. The monoisotopic (exact) mass is 301 g/mol. The summed E-state index contributed by atoms with van der Waals surface area (Å²) in [7, 11) is 0. The Balaban J connectivity index is 0.00000154. The number of rotatable bonds is 2. The van der Waals surface area contributed by atoms with Crippen LogP contribution in [0.15, 0.2) is 32.0 Å². The lowest BCUT2D eigenvalue weighted by molar-refractivity contribution is 1.06. The second-order valence-corrected chi connectivity index (χ2v) is 5.53. The van der Waals surface area contributed by atoms with Crippen LogP contribution in [0.3, 0.4) is 0 Å². The van der Waals surface area contributed by atoms with E-state index >= 15 is 0 Å². The van der Waals surface area contributed by atoms with Crippen LogP contribution in [0, 0.1) is 0 Å². The molecule has 0 fully saturated rings. The Morgan fingerprint density at radius 1 is 1.42 bits per heavy atom. The van der Waals surface area contributed by atoms with Crippen LogP contribution in [0.2, 0.25) is 0 Å². The van der Waals surface area contributed by atoms with Crippen LogP contribution in [0.1, 0.15) is 48.0 Å². The van der Waals surface area contributed by atoms with Gasteiger partial charge in [-0.15, -0.1) is 0 Å². The fraction of sp³-hybridized carbons (Fsp3) is 0.571. The van der Waals surface area contributed by atoms with E-state index in [1.54, 1.807) is 11.8 Å². The van der Waals surface area contributed by atoms with Crippen molar-refractivity contribution in [2.75, 3.05) is 5.75 Å². The van der Waals surface area contributed by atoms with E-state index < -0.39 is 0 Å². The quantitative estimate of drug-likeness (QED) is 0.457. The molecule has 108 valence electrons. The maximum atomic E-state index is 5.99. The Morgan fingerprint density at radius 2 is 2.00 bits per heavy atom. The Bertz CT molecular complexity index is 434. The normalized spacial score (nSPS) is 18.7. The highest BCUT2D eigenvalue weighted by Crippen LogP contribution is 2.28. The van der Waals surface area contributed by atoms with Gasteiger partial charge in [-0.05, 0) is 44.1 Å². The van der Waals surface area contributed by atoms with Gasteiger partial charge in [0, 0.05) is 11.4 Å². The van der Waals surface area contributed by atoms with Gasteiger partial charge < -0.3 is 5.73 Å². The Hall–Kier alpha value is -0.740. The minimum absolute atomic E-state index is 0.596. The van der Waals surface area contributed by atoms with Gasteiger partial charge in [-0.3, -0.25) is 0 Å². The third kappa shape index (κ3) is 5.83. The van der Waals surface area contributed by atoms with Crippen LogP contribution < -0.4 is 5.73 Å². The summed E-state index contributed by atoms with van der Waals surface area (Å²) in [5.74, 6) is 0.926. The summed E-state index contributed by atoms with van der Waals surface area (Å²) >= 11 is 7.53. The van der Waals surface area contributed by atoms with Crippen molar-refractivity contribution in [1.82, 2.24) is 0 Å². The minimum atomic E-state index is 0.596. The predicted molar refractivity (Wildman–Crippen MR) is 90.1 cm³/mol. The van der Waals surface area contributed by atoms with Crippen molar-refractivity contribution in [3.63, 3.8) is 0 Å². The van der Waals surface area contributed by atoms with E-state index in [-0.39, 0.29) is 0 Å². The number of allylic oxidation sites excluding steroid dienone is 3. The van der Waals surface area contributed by atoms with Gasteiger partial charge in [-0.2, -0.15) is 0 Å². The lowest BCUT2D eigenvalue weighted by Crippen LogP contribution is -2.10. The lowest BCUT2D eigenvalue weighted by atomic mass is 9.99. The summed E-state index contributed by atoms with van der Waals surface area (Å²) in [5, 5.41) is 1.20. The molecule has 0 aromatic heterocycles. The number of halogens is 1. The van der Waals surface area contributed by atoms with Gasteiger partial charge in [0.15, 0.2) is 5.17 Å². The van der Waals surface area contributed by atoms with Crippen molar-refractivity contribution in [3.8, 4) is 0 Å². The van der Waals surface area contributed by atoms with Crippen molar-refractivity contribution >= 4 is 34.2 Å². The van der Waals surface area contributed by atoms with Crippen LogP contribution >= 0.6 is 23.4 Å². The van der Waals surface area contributed by atoms with E-state index in [1.165, 1.54) is 0 Å². The molecule has 0 aliphatic carbocycles. The number of hydrogen-bond acceptors (Lipinski definition) is 3. The minimum Gasteiger partial charge on any atom is -0.378 e. The molecule has 0 radical (unpaired) electrons. The Morgan fingerprint density at radius 3 is 2.53 bits per heavy atom. The van der Waals surface area contributed by atoms with Gasteiger partial charge in [-0.1, -0.05) is 44.1 Å². The van der Waals surface area contributed by atoms with Crippen molar-refractivity contribution in [2.45, 2.75) is 48.0 Å². The highest BCUT2D eigenvalue weighted by molar-refractivity contribution is 8.13. The van der Waals surface area contributed by atoms with Gasteiger partial charge in [-0.25, -0.2) is 9.98 Å². The molecule has 1 aliphatic rings. The van der Waals surface area contributed by atoms with Gasteiger partial charge >= 0.3 is 0 Å². The summed E-state index contributed by atoms with van der Waals surface area (Å²) in [6.45, 7) is 11.9. The summed E-state index contributed by atoms with van der Waals surface area (Å²) < 4.78 is 0. The maximum Gasteiger partial charge on any atom is 0.158 e. The first-order valence-corrected chi connectivity index (χ1v) is 7.89. The second-order valence-electron chi connectivity index (χ2n) is 3.89. The molecule has 1 rings (SSSR count). The average molecular weight is 302 g/mol. The molecule has 0 aromatic carbocycles. The molecule has 1 heterocycles. The highest BCUT2D eigenvalue weighted by atomic mass is 35.5. The fourth-order valence-corrected chi connectivity index (χ4v) is 2.27. The number of thioether (sulfide) groups is 1. The first-order valence-electron chi connectivity index (χ1n) is 6.53. The zero-order valence-electron chi connectivity index (χ0n) is 12.7. The van der Waals surface area contributed by atoms with Crippen LogP contribution in [0.25, 0.3) is 0 Å². The summed E-state index contributed by atoms with van der Waals surface area (Å²) in [5.41, 5.74) is 9.84. The van der Waals surface area contributed by atoms with Gasteiger partial charge in [0.25, 0.3) is 0 Å². The van der Waals surface area contributed by atoms with E-state index in [4.69, 9.17) is 17.3 Å².